The van der Waals surface area contributed by atoms with Crippen LogP contribution in [0.15, 0.2) is 76.1 Å². The highest BCUT2D eigenvalue weighted by molar-refractivity contribution is 5.89. The van der Waals surface area contributed by atoms with Gasteiger partial charge in [-0.25, -0.2) is 4.79 Å². The summed E-state index contributed by atoms with van der Waals surface area (Å²) in [6.07, 6.45) is 6.41. The molecule has 1 aromatic heterocycles. The van der Waals surface area contributed by atoms with Crippen LogP contribution in [0.5, 0.6) is 0 Å². The SMILES string of the molecule is O=c1cc(NC2CCN(/C=C/c3ccccc3)CC2)c2ccccc2o1. The minimum atomic E-state index is -0.311. The molecule has 2 aromatic carbocycles. The fourth-order valence-corrected chi connectivity index (χ4v) is 3.40. The van der Waals surface area contributed by atoms with Crippen LogP contribution in [0, 0.1) is 0 Å². The maximum Gasteiger partial charge on any atom is 0.338 e. The van der Waals surface area contributed by atoms with E-state index >= 15 is 0 Å². The third-order valence-corrected chi connectivity index (χ3v) is 4.82. The van der Waals surface area contributed by atoms with Crippen LogP contribution >= 0.6 is 0 Å². The first-order valence-electron chi connectivity index (χ1n) is 9.05. The maximum atomic E-state index is 11.8. The molecule has 0 aliphatic carbocycles. The van der Waals surface area contributed by atoms with Crippen LogP contribution in [0.25, 0.3) is 17.0 Å². The molecule has 132 valence electrons. The number of hydrogen-bond acceptors (Lipinski definition) is 4. The average Bonchev–Trinajstić information content (AvgIpc) is 2.68. The van der Waals surface area contributed by atoms with E-state index in [1.807, 2.05) is 30.3 Å². The lowest BCUT2D eigenvalue weighted by Gasteiger charge is -2.32. The third-order valence-electron chi connectivity index (χ3n) is 4.82. The highest BCUT2D eigenvalue weighted by Gasteiger charge is 2.18. The Bertz CT molecular complexity index is 955. The zero-order valence-corrected chi connectivity index (χ0v) is 14.6. The highest BCUT2D eigenvalue weighted by Crippen LogP contribution is 2.24. The molecule has 1 N–H and O–H groups in total. The van der Waals surface area contributed by atoms with Gasteiger partial charge in [-0.05, 0) is 42.8 Å². The van der Waals surface area contributed by atoms with Gasteiger partial charge in [0.1, 0.15) is 5.58 Å². The zero-order chi connectivity index (χ0) is 17.8. The van der Waals surface area contributed by atoms with E-state index in [0.29, 0.717) is 11.6 Å². The van der Waals surface area contributed by atoms with Gasteiger partial charge in [0.25, 0.3) is 0 Å². The average molecular weight is 346 g/mol. The fourth-order valence-electron chi connectivity index (χ4n) is 3.40. The van der Waals surface area contributed by atoms with Crippen LogP contribution < -0.4 is 10.9 Å². The molecule has 0 saturated carbocycles. The normalized spacial score (nSPS) is 15.6. The van der Waals surface area contributed by atoms with E-state index < -0.39 is 0 Å². The molecular formula is C22H22N2O2. The molecule has 1 aliphatic heterocycles. The van der Waals surface area contributed by atoms with Gasteiger partial charge in [0.15, 0.2) is 0 Å². The minimum absolute atomic E-state index is 0.311. The van der Waals surface area contributed by atoms with Crippen molar-refractivity contribution in [2.45, 2.75) is 18.9 Å². The summed E-state index contributed by atoms with van der Waals surface area (Å²) in [5.41, 5.74) is 2.41. The lowest BCUT2D eigenvalue weighted by molar-refractivity contribution is 0.295. The largest absolute Gasteiger partial charge is 0.423 e. The Morgan fingerprint density at radius 2 is 1.73 bits per heavy atom. The monoisotopic (exact) mass is 346 g/mol. The summed E-state index contributed by atoms with van der Waals surface area (Å²) in [5, 5.41) is 4.51. The van der Waals surface area contributed by atoms with E-state index in [0.717, 1.165) is 37.0 Å². The van der Waals surface area contributed by atoms with Crippen LogP contribution in [0.3, 0.4) is 0 Å². The smallest absolute Gasteiger partial charge is 0.338 e. The van der Waals surface area contributed by atoms with Gasteiger partial charge in [0.2, 0.25) is 0 Å². The lowest BCUT2D eigenvalue weighted by Crippen LogP contribution is -2.36. The van der Waals surface area contributed by atoms with Crippen LogP contribution in [0.2, 0.25) is 0 Å². The predicted molar refractivity (Wildman–Crippen MR) is 106 cm³/mol. The van der Waals surface area contributed by atoms with Crippen LogP contribution in [0.4, 0.5) is 5.69 Å². The van der Waals surface area contributed by atoms with Crippen molar-refractivity contribution in [1.29, 1.82) is 0 Å². The van der Waals surface area contributed by atoms with Crippen molar-refractivity contribution >= 4 is 22.7 Å². The molecule has 1 fully saturated rings. The van der Waals surface area contributed by atoms with Crippen molar-refractivity contribution in [2.75, 3.05) is 18.4 Å². The van der Waals surface area contributed by atoms with Crippen molar-refractivity contribution in [1.82, 2.24) is 4.90 Å². The number of benzene rings is 2. The summed E-state index contributed by atoms with van der Waals surface area (Å²) in [7, 11) is 0. The maximum absolute atomic E-state index is 11.8. The van der Waals surface area contributed by atoms with E-state index in [4.69, 9.17) is 4.42 Å². The van der Waals surface area contributed by atoms with Gasteiger partial charge < -0.3 is 14.6 Å². The highest BCUT2D eigenvalue weighted by atomic mass is 16.4. The molecule has 4 rings (SSSR count). The Hall–Kier alpha value is -3.01. The fraction of sp³-hybridized carbons (Fsp3) is 0.227. The molecule has 2 heterocycles. The molecule has 1 saturated heterocycles. The first-order valence-corrected chi connectivity index (χ1v) is 9.05. The van der Waals surface area contributed by atoms with Gasteiger partial charge in [-0.3, -0.25) is 0 Å². The summed E-state index contributed by atoms with van der Waals surface area (Å²) in [5.74, 6) is 0. The second-order valence-corrected chi connectivity index (χ2v) is 6.66. The van der Waals surface area contributed by atoms with Crippen molar-refractivity contribution < 1.29 is 4.42 Å². The Balaban J connectivity index is 1.40. The lowest BCUT2D eigenvalue weighted by atomic mass is 10.0. The molecule has 1 aliphatic rings. The molecule has 0 bridgehead atoms. The molecular weight excluding hydrogens is 324 g/mol. The first kappa shape index (κ1) is 16.5. The molecule has 4 nitrogen and oxygen atoms in total. The molecule has 26 heavy (non-hydrogen) atoms. The van der Waals surface area contributed by atoms with Gasteiger partial charge >= 0.3 is 5.63 Å². The van der Waals surface area contributed by atoms with Gasteiger partial charge in [0.05, 0.1) is 5.69 Å². The molecule has 4 heteroatoms. The van der Waals surface area contributed by atoms with Gasteiger partial charge in [-0.1, -0.05) is 42.5 Å². The molecule has 3 aromatic rings. The molecule has 0 radical (unpaired) electrons. The van der Waals surface area contributed by atoms with Crippen molar-refractivity contribution in [2.24, 2.45) is 0 Å². The summed E-state index contributed by atoms with van der Waals surface area (Å²) in [6.45, 7) is 2.00. The van der Waals surface area contributed by atoms with Gasteiger partial charge in [-0.2, -0.15) is 0 Å². The van der Waals surface area contributed by atoms with E-state index in [2.05, 4.69) is 46.8 Å². The summed E-state index contributed by atoms with van der Waals surface area (Å²) in [6, 6.07) is 19.9. The van der Waals surface area contributed by atoms with Gasteiger partial charge in [-0.15, -0.1) is 0 Å². The molecule has 0 unspecified atom stereocenters. The van der Waals surface area contributed by atoms with E-state index in [1.165, 1.54) is 5.56 Å². The summed E-state index contributed by atoms with van der Waals surface area (Å²) >= 11 is 0. The Labute approximate surface area is 152 Å². The van der Waals surface area contributed by atoms with Crippen LogP contribution in [0.1, 0.15) is 18.4 Å². The minimum Gasteiger partial charge on any atom is -0.423 e. The van der Waals surface area contributed by atoms with E-state index in [1.54, 1.807) is 6.07 Å². The van der Waals surface area contributed by atoms with E-state index in [-0.39, 0.29) is 5.63 Å². The molecule has 0 spiro atoms. The molecule has 0 atom stereocenters. The quantitative estimate of drug-likeness (QED) is 0.714. The van der Waals surface area contributed by atoms with Crippen molar-refractivity contribution in [3.8, 4) is 0 Å². The van der Waals surface area contributed by atoms with Crippen LogP contribution in [-0.4, -0.2) is 24.0 Å². The second-order valence-electron chi connectivity index (χ2n) is 6.66. The predicted octanol–water partition coefficient (Wildman–Crippen LogP) is 4.34. The topological polar surface area (TPSA) is 45.5 Å². The Kier molecular flexibility index (Phi) is 4.73. The van der Waals surface area contributed by atoms with Crippen LogP contribution in [-0.2, 0) is 0 Å². The number of likely N-dealkylation sites (tertiary alicyclic amines) is 1. The second kappa shape index (κ2) is 7.48. The third kappa shape index (κ3) is 3.80. The van der Waals surface area contributed by atoms with E-state index in [9.17, 15) is 4.79 Å². The standard InChI is InChI=1S/C22H22N2O2/c25-22-16-20(19-8-4-5-9-21(19)26-22)23-18-11-14-24(15-12-18)13-10-17-6-2-1-3-7-17/h1-10,13,16,18,23H,11-12,14-15H2/b13-10+. The summed E-state index contributed by atoms with van der Waals surface area (Å²) in [4.78, 5) is 14.1. The molecule has 0 amide bonds. The zero-order valence-electron chi connectivity index (χ0n) is 14.6. The van der Waals surface area contributed by atoms with Crippen molar-refractivity contribution in [3.63, 3.8) is 0 Å². The number of para-hydroxylation sites is 1. The number of anilines is 1. The number of fused-ring (bicyclic) bond motifs is 1. The number of rotatable bonds is 4. The van der Waals surface area contributed by atoms with Crippen molar-refractivity contribution in [3.05, 3.63) is 82.8 Å². The number of nitrogens with one attached hydrogen (secondary N) is 1. The summed E-state index contributed by atoms with van der Waals surface area (Å²) < 4.78 is 5.27. The van der Waals surface area contributed by atoms with Gasteiger partial charge in [0, 0.05) is 30.6 Å². The Morgan fingerprint density at radius 3 is 2.54 bits per heavy atom. The number of hydrogen-bond donors (Lipinski definition) is 1. The number of piperidine rings is 1. The number of nitrogens with zero attached hydrogens (tertiary/aromatic N) is 1. The Morgan fingerprint density at radius 1 is 1.00 bits per heavy atom. The first-order chi connectivity index (χ1) is 12.8.